The second-order valence-electron chi connectivity index (χ2n) is 7.35. The van der Waals surface area contributed by atoms with Crippen LogP contribution in [0.5, 0.6) is 0 Å². The van der Waals surface area contributed by atoms with Gasteiger partial charge in [0.1, 0.15) is 29.1 Å². The highest BCUT2D eigenvalue weighted by molar-refractivity contribution is 5.83. The Morgan fingerprint density at radius 3 is 2.67 bits per heavy atom. The summed E-state index contributed by atoms with van der Waals surface area (Å²) in [6.07, 6.45) is 2.35. The van der Waals surface area contributed by atoms with Crippen LogP contribution >= 0.6 is 0 Å². The van der Waals surface area contributed by atoms with Crippen LogP contribution in [0.4, 0.5) is 26.4 Å². The standard InChI is InChI=1S/C22H18F2N8O/c1-10-15(24)8-28-9-17(10)32-16(6-12-4-3-5-14(23)18(12)21(32)33)11(2)29-20-13(7-25)19(26)30-22(27)31-20/h3-6,8-9,11H,1-2H3,(H5,26,27,29,30,31)/t11-/m0/s1. The van der Waals surface area contributed by atoms with Gasteiger partial charge in [0.15, 0.2) is 5.82 Å². The zero-order chi connectivity index (χ0) is 23.9. The number of fused-ring (bicyclic) bond motifs is 1. The van der Waals surface area contributed by atoms with Crippen LogP contribution in [-0.2, 0) is 0 Å². The summed E-state index contributed by atoms with van der Waals surface area (Å²) in [4.78, 5) is 25.1. The number of nitrogens with zero attached hydrogens (tertiary/aromatic N) is 5. The summed E-state index contributed by atoms with van der Waals surface area (Å²) in [5.41, 5.74) is 11.4. The van der Waals surface area contributed by atoms with Crippen LogP contribution < -0.4 is 22.3 Å². The monoisotopic (exact) mass is 448 g/mol. The van der Waals surface area contributed by atoms with Crippen LogP contribution in [0.15, 0.2) is 41.5 Å². The van der Waals surface area contributed by atoms with Gasteiger partial charge in [-0.15, -0.1) is 0 Å². The van der Waals surface area contributed by atoms with E-state index in [-0.39, 0.29) is 39.8 Å². The fraction of sp³-hybridized carbons (Fsp3) is 0.136. The van der Waals surface area contributed by atoms with Crippen LogP contribution in [0.2, 0.25) is 0 Å². The van der Waals surface area contributed by atoms with E-state index in [0.29, 0.717) is 11.1 Å². The first-order chi connectivity index (χ1) is 15.7. The van der Waals surface area contributed by atoms with Crippen molar-refractivity contribution in [3.05, 3.63) is 75.5 Å². The Morgan fingerprint density at radius 2 is 1.94 bits per heavy atom. The first kappa shape index (κ1) is 21.6. The average molecular weight is 448 g/mol. The lowest BCUT2D eigenvalue weighted by atomic mass is 10.1. The van der Waals surface area contributed by atoms with Gasteiger partial charge in [0.25, 0.3) is 5.56 Å². The molecule has 3 aromatic heterocycles. The van der Waals surface area contributed by atoms with Gasteiger partial charge in [0, 0.05) is 11.3 Å². The van der Waals surface area contributed by atoms with E-state index >= 15 is 0 Å². The molecule has 166 valence electrons. The maximum absolute atomic E-state index is 14.6. The number of anilines is 3. The number of hydrogen-bond acceptors (Lipinski definition) is 8. The third-order valence-corrected chi connectivity index (χ3v) is 5.26. The van der Waals surface area contributed by atoms with Crippen molar-refractivity contribution in [3.8, 4) is 11.8 Å². The summed E-state index contributed by atoms with van der Waals surface area (Å²) >= 11 is 0. The molecule has 0 aliphatic heterocycles. The number of nitrogens with one attached hydrogen (secondary N) is 1. The molecule has 4 aromatic rings. The lowest BCUT2D eigenvalue weighted by Gasteiger charge is -2.22. The molecule has 11 heteroatoms. The number of hydrogen-bond donors (Lipinski definition) is 3. The molecular weight excluding hydrogens is 430 g/mol. The lowest BCUT2D eigenvalue weighted by Crippen LogP contribution is -2.27. The van der Waals surface area contributed by atoms with Crippen LogP contribution in [-0.4, -0.2) is 19.5 Å². The van der Waals surface area contributed by atoms with Gasteiger partial charge in [0.05, 0.1) is 29.5 Å². The molecule has 0 aliphatic rings. The molecule has 5 N–H and O–H groups in total. The third kappa shape index (κ3) is 3.67. The number of halogens is 2. The molecule has 0 amide bonds. The Balaban J connectivity index is 1.99. The molecule has 0 unspecified atom stereocenters. The van der Waals surface area contributed by atoms with Gasteiger partial charge in [-0.1, -0.05) is 12.1 Å². The van der Waals surface area contributed by atoms with Crippen molar-refractivity contribution in [1.29, 1.82) is 5.26 Å². The lowest BCUT2D eigenvalue weighted by molar-refractivity contribution is 0.608. The number of aromatic nitrogens is 4. The molecule has 9 nitrogen and oxygen atoms in total. The van der Waals surface area contributed by atoms with E-state index in [9.17, 15) is 18.8 Å². The molecule has 1 aromatic carbocycles. The minimum atomic E-state index is -0.705. The van der Waals surface area contributed by atoms with E-state index in [1.54, 1.807) is 19.1 Å². The fourth-order valence-electron chi connectivity index (χ4n) is 3.61. The summed E-state index contributed by atoms with van der Waals surface area (Å²) in [5.74, 6) is -1.53. The highest BCUT2D eigenvalue weighted by Gasteiger charge is 2.22. The maximum Gasteiger partial charge on any atom is 0.266 e. The maximum atomic E-state index is 14.6. The van der Waals surface area contributed by atoms with E-state index in [0.717, 1.165) is 6.20 Å². The van der Waals surface area contributed by atoms with Crippen molar-refractivity contribution < 1.29 is 8.78 Å². The van der Waals surface area contributed by atoms with Crippen molar-refractivity contribution in [2.24, 2.45) is 0 Å². The molecule has 0 radical (unpaired) electrons. The summed E-state index contributed by atoms with van der Waals surface area (Å²) < 4.78 is 30.1. The Hall–Kier alpha value is -4.59. The van der Waals surface area contributed by atoms with Gasteiger partial charge >= 0.3 is 0 Å². The van der Waals surface area contributed by atoms with Gasteiger partial charge in [0.2, 0.25) is 5.95 Å². The minimum absolute atomic E-state index is 0.0274. The molecule has 0 spiro atoms. The van der Waals surface area contributed by atoms with E-state index in [2.05, 4.69) is 20.3 Å². The molecule has 1 atom stereocenters. The molecule has 0 saturated carbocycles. The summed E-state index contributed by atoms with van der Waals surface area (Å²) in [5, 5.41) is 12.7. The largest absolute Gasteiger partial charge is 0.382 e. The van der Waals surface area contributed by atoms with Crippen molar-refractivity contribution in [2.45, 2.75) is 19.9 Å². The zero-order valence-electron chi connectivity index (χ0n) is 17.6. The Bertz CT molecular complexity index is 1510. The van der Waals surface area contributed by atoms with Gasteiger partial charge in [-0.05, 0) is 31.4 Å². The molecule has 33 heavy (non-hydrogen) atoms. The summed E-state index contributed by atoms with van der Waals surface area (Å²) in [7, 11) is 0. The SMILES string of the molecule is Cc1c(F)cncc1-n1c([C@H](C)Nc2nc(N)nc(N)c2C#N)cc2cccc(F)c2c1=O. The van der Waals surface area contributed by atoms with Crippen LogP contribution in [0.1, 0.15) is 29.8 Å². The Labute approximate surface area is 186 Å². The van der Waals surface area contributed by atoms with Crippen molar-refractivity contribution in [1.82, 2.24) is 19.5 Å². The van der Waals surface area contributed by atoms with Gasteiger partial charge in [-0.25, -0.2) is 8.78 Å². The second-order valence-corrected chi connectivity index (χ2v) is 7.35. The predicted octanol–water partition coefficient (Wildman–Crippen LogP) is 2.97. The number of benzene rings is 1. The van der Waals surface area contributed by atoms with Crippen LogP contribution in [0, 0.1) is 29.9 Å². The normalized spacial score (nSPS) is 11.8. The van der Waals surface area contributed by atoms with Gasteiger partial charge in [-0.3, -0.25) is 14.3 Å². The topological polar surface area (TPSA) is 149 Å². The molecule has 0 bridgehead atoms. The van der Waals surface area contributed by atoms with E-state index in [4.69, 9.17) is 11.5 Å². The predicted molar refractivity (Wildman–Crippen MR) is 120 cm³/mol. The third-order valence-electron chi connectivity index (χ3n) is 5.26. The number of pyridine rings is 2. The van der Waals surface area contributed by atoms with E-state index in [1.807, 2.05) is 6.07 Å². The number of nitriles is 1. The number of nitrogen functional groups attached to an aromatic ring is 2. The zero-order valence-corrected chi connectivity index (χ0v) is 17.6. The van der Waals surface area contributed by atoms with Crippen molar-refractivity contribution in [3.63, 3.8) is 0 Å². The summed E-state index contributed by atoms with van der Waals surface area (Å²) in [6.45, 7) is 3.18. The van der Waals surface area contributed by atoms with E-state index < -0.39 is 23.2 Å². The molecule has 3 heterocycles. The van der Waals surface area contributed by atoms with Crippen LogP contribution in [0.3, 0.4) is 0 Å². The Kier molecular flexibility index (Phi) is 5.35. The first-order valence-electron chi connectivity index (χ1n) is 9.77. The molecule has 4 rings (SSSR count). The van der Waals surface area contributed by atoms with Crippen LogP contribution in [0.25, 0.3) is 16.5 Å². The smallest absolute Gasteiger partial charge is 0.266 e. The quantitative estimate of drug-likeness (QED) is 0.431. The van der Waals surface area contributed by atoms with Gasteiger partial charge in [-0.2, -0.15) is 15.2 Å². The highest BCUT2D eigenvalue weighted by Crippen LogP contribution is 2.28. The molecule has 0 saturated heterocycles. The fourth-order valence-corrected chi connectivity index (χ4v) is 3.61. The first-order valence-corrected chi connectivity index (χ1v) is 9.77. The van der Waals surface area contributed by atoms with Crippen molar-refractivity contribution >= 4 is 28.4 Å². The highest BCUT2D eigenvalue weighted by atomic mass is 19.1. The van der Waals surface area contributed by atoms with Crippen molar-refractivity contribution in [2.75, 3.05) is 16.8 Å². The minimum Gasteiger partial charge on any atom is -0.382 e. The van der Waals surface area contributed by atoms with E-state index in [1.165, 1.54) is 29.8 Å². The number of nitrogens with two attached hydrogens (primary N) is 2. The number of rotatable bonds is 4. The Morgan fingerprint density at radius 1 is 1.18 bits per heavy atom. The molecule has 0 fully saturated rings. The second kappa shape index (κ2) is 8.16. The average Bonchev–Trinajstić information content (AvgIpc) is 2.75. The van der Waals surface area contributed by atoms with Gasteiger partial charge < -0.3 is 16.8 Å². The summed E-state index contributed by atoms with van der Waals surface area (Å²) in [6, 6.07) is 7.08. The molecular formula is C22H18F2N8O. The molecule has 0 aliphatic carbocycles.